The van der Waals surface area contributed by atoms with Crippen LogP contribution in [0.1, 0.15) is 34.8 Å². The fourth-order valence-electron chi connectivity index (χ4n) is 2.76. The second kappa shape index (κ2) is 3.95. The summed E-state index contributed by atoms with van der Waals surface area (Å²) >= 11 is 0. The van der Waals surface area contributed by atoms with Crippen LogP contribution in [0.3, 0.4) is 0 Å². The molecule has 0 saturated heterocycles. The molecule has 2 aliphatic rings. The van der Waals surface area contributed by atoms with Crippen molar-refractivity contribution in [2.75, 3.05) is 13.6 Å². The smallest absolute Gasteiger partial charge is 0.407 e. The molecule has 9 heteroatoms. The Kier molecular flexibility index (Phi) is 2.46. The number of hydrogen-bond acceptors (Lipinski definition) is 5. The molecule has 0 saturated carbocycles. The first-order valence-corrected chi connectivity index (χ1v) is 6.01. The van der Waals surface area contributed by atoms with Gasteiger partial charge in [-0.25, -0.2) is 4.79 Å². The van der Waals surface area contributed by atoms with Crippen molar-refractivity contribution in [2.45, 2.75) is 18.5 Å². The fraction of sp³-hybridized carbons (Fsp3) is 0.455. The molecule has 106 valence electrons. The van der Waals surface area contributed by atoms with Gasteiger partial charge in [-0.2, -0.15) is 4.98 Å². The molecule has 20 heavy (non-hydrogen) atoms. The van der Waals surface area contributed by atoms with Gasteiger partial charge in [0.15, 0.2) is 5.69 Å². The van der Waals surface area contributed by atoms with E-state index in [0.29, 0.717) is 13.0 Å². The Morgan fingerprint density at radius 3 is 2.85 bits per heavy atom. The minimum absolute atomic E-state index is 0.141. The molecule has 0 bridgehead atoms. The SMILES string of the molecule is CN(C(=O)O)C1CC2CNC(=O)c3c(O)c(=O)nc1n32. The van der Waals surface area contributed by atoms with Gasteiger partial charge in [0.2, 0.25) is 5.75 Å². The van der Waals surface area contributed by atoms with Gasteiger partial charge < -0.3 is 25.0 Å². The number of nitrogens with zero attached hydrogens (tertiary/aromatic N) is 3. The summed E-state index contributed by atoms with van der Waals surface area (Å²) in [6.45, 7) is 0.312. The molecule has 0 aliphatic carbocycles. The maximum Gasteiger partial charge on any atom is 0.407 e. The quantitative estimate of drug-likeness (QED) is 0.624. The van der Waals surface area contributed by atoms with Gasteiger partial charge in [0.1, 0.15) is 5.82 Å². The molecule has 3 rings (SSSR count). The van der Waals surface area contributed by atoms with E-state index in [2.05, 4.69) is 10.3 Å². The van der Waals surface area contributed by atoms with Crippen LogP contribution in [0.4, 0.5) is 4.79 Å². The van der Waals surface area contributed by atoms with Crippen molar-refractivity contribution < 1.29 is 19.8 Å². The molecule has 2 unspecified atom stereocenters. The normalized spacial score (nSPS) is 23.1. The average molecular weight is 280 g/mol. The van der Waals surface area contributed by atoms with Crippen LogP contribution in [0, 0.1) is 0 Å². The number of carbonyl (C=O) groups excluding carboxylic acids is 1. The van der Waals surface area contributed by atoms with E-state index in [-0.39, 0.29) is 17.6 Å². The van der Waals surface area contributed by atoms with Crippen molar-refractivity contribution in [1.29, 1.82) is 0 Å². The monoisotopic (exact) mass is 280 g/mol. The Morgan fingerprint density at radius 2 is 2.20 bits per heavy atom. The van der Waals surface area contributed by atoms with Crippen molar-refractivity contribution in [2.24, 2.45) is 0 Å². The zero-order valence-corrected chi connectivity index (χ0v) is 10.5. The van der Waals surface area contributed by atoms with E-state index in [4.69, 9.17) is 5.11 Å². The summed E-state index contributed by atoms with van der Waals surface area (Å²) in [5, 5.41) is 21.4. The van der Waals surface area contributed by atoms with Crippen LogP contribution < -0.4 is 10.9 Å². The average Bonchev–Trinajstić information content (AvgIpc) is 2.75. The van der Waals surface area contributed by atoms with Gasteiger partial charge in [0.25, 0.3) is 5.91 Å². The highest BCUT2D eigenvalue weighted by atomic mass is 16.4. The van der Waals surface area contributed by atoms with Crippen molar-refractivity contribution >= 4 is 12.0 Å². The summed E-state index contributed by atoms with van der Waals surface area (Å²) in [4.78, 5) is 39.3. The first-order valence-electron chi connectivity index (χ1n) is 6.01. The largest absolute Gasteiger partial charge is 0.501 e. The second-order valence-electron chi connectivity index (χ2n) is 4.85. The molecule has 0 aromatic carbocycles. The topological polar surface area (TPSA) is 125 Å². The third-order valence-electron chi connectivity index (χ3n) is 3.77. The number of carboxylic acid groups (broad SMARTS) is 1. The third kappa shape index (κ3) is 1.49. The lowest BCUT2D eigenvalue weighted by atomic mass is 10.1. The van der Waals surface area contributed by atoms with Crippen LogP contribution in [-0.4, -0.2) is 50.3 Å². The molecular weight excluding hydrogens is 268 g/mol. The van der Waals surface area contributed by atoms with Gasteiger partial charge in [-0.3, -0.25) is 9.59 Å². The minimum Gasteiger partial charge on any atom is -0.501 e. The lowest BCUT2D eigenvalue weighted by molar-refractivity contribution is 0.0908. The molecule has 0 radical (unpaired) electrons. The predicted molar refractivity (Wildman–Crippen MR) is 64.7 cm³/mol. The van der Waals surface area contributed by atoms with Gasteiger partial charge in [-0.15, -0.1) is 0 Å². The van der Waals surface area contributed by atoms with Gasteiger partial charge in [-0.1, -0.05) is 0 Å². The van der Waals surface area contributed by atoms with Crippen molar-refractivity contribution in [3.05, 3.63) is 21.9 Å². The molecular formula is C11H12N4O5. The first kappa shape index (κ1) is 12.5. The van der Waals surface area contributed by atoms with Crippen molar-refractivity contribution in [3.63, 3.8) is 0 Å². The molecule has 2 aliphatic heterocycles. The molecule has 2 atom stereocenters. The molecule has 0 spiro atoms. The molecule has 3 N–H and O–H groups in total. The third-order valence-corrected chi connectivity index (χ3v) is 3.77. The Morgan fingerprint density at radius 1 is 1.50 bits per heavy atom. The molecule has 1 aromatic rings. The Labute approximate surface area is 112 Å². The van der Waals surface area contributed by atoms with E-state index >= 15 is 0 Å². The van der Waals surface area contributed by atoms with Crippen LogP contribution in [0.25, 0.3) is 0 Å². The number of rotatable bonds is 1. The summed E-state index contributed by atoms with van der Waals surface area (Å²) in [5.74, 6) is -1.06. The van der Waals surface area contributed by atoms with E-state index in [1.807, 2.05) is 0 Å². The van der Waals surface area contributed by atoms with Crippen LogP contribution in [0.5, 0.6) is 5.75 Å². The zero-order chi connectivity index (χ0) is 14.6. The first-order chi connectivity index (χ1) is 9.41. The second-order valence-corrected chi connectivity index (χ2v) is 4.85. The number of hydrogen-bond donors (Lipinski definition) is 3. The highest BCUT2D eigenvalue weighted by molar-refractivity contribution is 5.96. The molecule has 9 nitrogen and oxygen atoms in total. The van der Waals surface area contributed by atoms with E-state index in [0.717, 1.165) is 4.90 Å². The summed E-state index contributed by atoms with van der Waals surface area (Å²) in [6, 6.07) is -0.833. The number of carbonyl (C=O) groups is 2. The summed E-state index contributed by atoms with van der Waals surface area (Å²) < 4.78 is 1.47. The van der Waals surface area contributed by atoms with Crippen LogP contribution in [-0.2, 0) is 0 Å². The van der Waals surface area contributed by atoms with E-state index in [9.17, 15) is 19.5 Å². The van der Waals surface area contributed by atoms with Crippen LogP contribution in [0.15, 0.2) is 4.79 Å². The van der Waals surface area contributed by atoms with Gasteiger partial charge in [0.05, 0.1) is 12.1 Å². The van der Waals surface area contributed by atoms with E-state index in [1.165, 1.54) is 11.6 Å². The Bertz CT molecular complexity index is 682. The van der Waals surface area contributed by atoms with Crippen molar-refractivity contribution in [1.82, 2.24) is 19.8 Å². The van der Waals surface area contributed by atoms with Gasteiger partial charge in [0, 0.05) is 13.6 Å². The Balaban J connectivity index is 2.23. The fourth-order valence-corrected chi connectivity index (χ4v) is 2.76. The van der Waals surface area contributed by atoms with Crippen LogP contribution in [0.2, 0.25) is 0 Å². The van der Waals surface area contributed by atoms with E-state index < -0.39 is 29.4 Å². The lowest BCUT2D eigenvalue weighted by Gasteiger charge is -2.24. The molecule has 1 aromatic heterocycles. The zero-order valence-electron chi connectivity index (χ0n) is 10.5. The standard InChI is InChI=1S/C11H12N4O5/c1-14(11(19)20)5-2-4-3-12-9(17)6-7(16)10(18)13-8(5)15(4)6/h4-5,16H,2-3H2,1H3,(H,12,17)(H,19,20). The summed E-state index contributed by atoms with van der Waals surface area (Å²) in [5.41, 5.74) is -1.06. The number of nitrogens with one attached hydrogen (secondary N) is 1. The number of aromatic nitrogens is 2. The van der Waals surface area contributed by atoms with Gasteiger partial charge >= 0.3 is 11.7 Å². The lowest BCUT2D eigenvalue weighted by Crippen LogP contribution is -2.40. The maximum atomic E-state index is 11.8. The van der Waals surface area contributed by atoms with Gasteiger partial charge in [-0.05, 0) is 6.42 Å². The summed E-state index contributed by atoms with van der Waals surface area (Å²) in [6.07, 6.45) is -0.754. The van der Waals surface area contributed by atoms with Crippen molar-refractivity contribution in [3.8, 4) is 5.75 Å². The highest BCUT2D eigenvalue weighted by Crippen LogP contribution is 2.39. The summed E-state index contributed by atoms with van der Waals surface area (Å²) in [7, 11) is 1.38. The molecule has 2 amide bonds. The Hall–Kier alpha value is -2.58. The number of aromatic hydroxyl groups is 1. The minimum atomic E-state index is -1.15. The van der Waals surface area contributed by atoms with E-state index in [1.54, 1.807) is 0 Å². The highest BCUT2D eigenvalue weighted by Gasteiger charge is 2.42. The molecule has 0 fully saturated rings. The maximum absolute atomic E-state index is 11.8. The van der Waals surface area contributed by atoms with Crippen LogP contribution >= 0.6 is 0 Å². The predicted octanol–water partition coefficient (Wildman–Crippen LogP) is -0.712. The number of amides is 2. The molecule has 3 heterocycles.